The standard InChI is InChI=1S/C6H14O/c1-4-6(2)5-7-3/h6H,4-5H2,1-3H3/t6-/m1/s1. The molecule has 44 valence electrons. The van der Waals surface area contributed by atoms with Crippen LogP contribution in [0.1, 0.15) is 20.3 Å². The molecule has 0 N–H and O–H groups in total. The molecule has 7 heavy (non-hydrogen) atoms. The van der Waals surface area contributed by atoms with E-state index in [9.17, 15) is 0 Å². The monoisotopic (exact) mass is 102 g/mol. The molecule has 1 heteroatoms. The Balaban J connectivity index is 2.83. The zero-order valence-corrected chi connectivity index (χ0v) is 5.40. The fourth-order valence-corrected chi connectivity index (χ4v) is 0.402. The van der Waals surface area contributed by atoms with Crippen molar-refractivity contribution < 1.29 is 4.74 Å². The summed E-state index contributed by atoms with van der Waals surface area (Å²) in [6.45, 7) is 5.25. The highest BCUT2D eigenvalue weighted by atomic mass is 16.5. The molecule has 0 saturated carbocycles. The van der Waals surface area contributed by atoms with E-state index in [2.05, 4.69) is 13.8 Å². The van der Waals surface area contributed by atoms with Crippen molar-refractivity contribution >= 4 is 0 Å². The third-order valence-electron chi connectivity index (χ3n) is 1.15. The summed E-state index contributed by atoms with van der Waals surface area (Å²) in [5, 5.41) is 0. The lowest BCUT2D eigenvalue weighted by Gasteiger charge is -2.03. The highest BCUT2D eigenvalue weighted by Crippen LogP contribution is 1.98. The summed E-state index contributed by atoms with van der Waals surface area (Å²) in [4.78, 5) is 0. The van der Waals surface area contributed by atoms with Gasteiger partial charge in [-0.15, -0.1) is 0 Å². The van der Waals surface area contributed by atoms with Crippen LogP contribution in [0, 0.1) is 5.92 Å². The summed E-state index contributed by atoms with van der Waals surface area (Å²) < 4.78 is 4.89. The second kappa shape index (κ2) is 4.13. The van der Waals surface area contributed by atoms with E-state index in [0.29, 0.717) is 0 Å². The van der Waals surface area contributed by atoms with Crippen molar-refractivity contribution in [2.45, 2.75) is 20.3 Å². The predicted molar refractivity (Wildman–Crippen MR) is 31.3 cm³/mol. The average molecular weight is 102 g/mol. The maximum Gasteiger partial charge on any atom is 0.0487 e. The first-order valence-electron chi connectivity index (χ1n) is 2.80. The Morgan fingerprint density at radius 3 is 2.29 bits per heavy atom. The molecule has 1 atom stereocenters. The fraction of sp³-hybridized carbons (Fsp3) is 1.00. The molecular weight excluding hydrogens is 88.1 g/mol. The molecule has 0 aliphatic heterocycles. The van der Waals surface area contributed by atoms with Crippen LogP contribution in [-0.4, -0.2) is 13.7 Å². The van der Waals surface area contributed by atoms with Crippen LogP contribution in [-0.2, 0) is 4.74 Å². The van der Waals surface area contributed by atoms with Crippen LogP contribution >= 0.6 is 0 Å². The van der Waals surface area contributed by atoms with Crippen LogP contribution in [0.5, 0.6) is 0 Å². The summed E-state index contributed by atoms with van der Waals surface area (Å²) in [5.74, 6) is 0.727. The van der Waals surface area contributed by atoms with Gasteiger partial charge in [0.25, 0.3) is 0 Å². The van der Waals surface area contributed by atoms with Crippen LogP contribution in [0.15, 0.2) is 0 Å². The van der Waals surface area contributed by atoms with E-state index in [4.69, 9.17) is 4.74 Å². The summed E-state index contributed by atoms with van der Waals surface area (Å²) in [5.41, 5.74) is 0. The second-order valence-corrected chi connectivity index (χ2v) is 1.97. The molecule has 0 aromatic heterocycles. The van der Waals surface area contributed by atoms with Gasteiger partial charge in [-0.1, -0.05) is 20.3 Å². The van der Waals surface area contributed by atoms with Gasteiger partial charge < -0.3 is 4.74 Å². The average Bonchev–Trinajstić information content (AvgIpc) is 1.68. The van der Waals surface area contributed by atoms with Crippen molar-refractivity contribution in [2.24, 2.45) is 5.92 Å². The molecule has 0 aliphatic rings. The Bertz CT molecular complexity index is 35.2. The lowest BCUT2D eigenvalue weighted by Crippen LogP contribution is -2.00. The molecule has 1 nitrogen and oxygen atoms in total. The lowest BCUT2D eigenvalue weighted by molar-refractivity contribution is 0.158. The van der Waals surface area contributed by atoms with Crippen molar-refractivity contribution in [3.63, 3.8) is 0 Å². The first-order valence-corrected chi connectivity index (χ1v) is 2.80. The number of hydrogen-bond acceptors (Lipinski definition) is 1. The fourth-order valence-electron chi connectivity index (χ4n) is 0.402. The van der Waals surface area contributed by atoms with E-state index in [1.807, 2.05) is 0 Å². The number of ether oxygens (including phenoxy) is 1. The molecule has 0 aromatic rings. The molecule has 0 rings (SSSR count). The van der Waals surface area contributed by atoms with Gasteiger partial charge in [-0.3, -0.25) is 0 Å². The molecular formula is C6H14O. The molecule has 0 aliphatic carbocycles. The summed E-state index contributed by atoms with van der Waals surface area (Å²) in [6, 6.07) is 0. The molecule has 0 heterocycles. The first kappa shape index (κ1) is 6.96. The smallest absolute Gasteiger partial charge is 0.0487 e. The van der Waals surface area contributed by atoms with E-state index >= 15 is 0 Å². The molecule has 0 amide bonds. The lowest BCUT2D eigenvalue weighted by atomic mass is 10.1. The van der Waals surface area contributed by atoms with Gasteiger partial charge in [0.1, 0.15) is 0 Å². The van der Waals surface area contributed by atoms with Gasteiger partial charge in [-0.25, -0.2) is 0 Å². The van der Waals surface area contributed by atoms with E-state index in [1.165, 1.54) is 6.42 Å². The van der Waals surface area contributed by atoms with Crippen molar-refractivity contribution in [1.82, 2.24) is 0 Å². The van der Waals surface area contributed by atoms with Crippen molar-refractivity contribution in [1.29, 1.82) is 0 Å². The molecule has 0 saturated heterocycles. The minimum Gasteiger partial charge on any atom is -0.384 e. The SMILES string of the molecule is CC[C@@H](C)COC. The van der Waals surface area contributed by atoms with Gasteiger partial charge in [0, 0.05) is 13.7 Å². The predicted octanol–water partition coefficient (Wildman–Crippen LogP) is 1.68. The third-order valence-corrected chi connectivity index (χ3v) is 1.15. The summed E-state index contributed by atoms with van der Waals surface area (Å²) >= 11 is 0. The second-order valence-electron chi connectivity index (χ2n) is 1.97. The minimum atomic E-state index is 0.727. The number of hydrogen-bond donors (Lipinski definition) is 0. The van der Waals surface area contributed by atoms with Crippen molar-refractivity contribution in [3.05, 3.63) is 0 Å². The number of rotatable bonds is 3. The van der Waals surface area contributed by atoms with Crippen LogP contribution < -0.4 is 0 Å². The Morgan fingerprint density at radius 1 is 1.57 bits per heavy atom. The van der Waals surface area contributed by atoms with E-state index in [0.717, 1.165) is 12.5 Å². The normalized spacial score (nSPS) is 14.1. The Hall–Kier alpha value is -0.0400. The van der Waals surface area contributed by atoms with Gasteiger partial charge in [-0.05, 0) is 5.92 Å². The van der Waals surface area contributed by atoms with Crippen LogP contribution in [0.3, 0.4) is 0 Å². The Morgan fingerprint density at radius 2 is 2.14 bits per heavy atom. The van der Waals surface area contributed by atoms with Gasteiger partial charge in [0.15, 0.2) is 0 Å². The molecule has 0 radical (unpaired) electrons. The molecule has 0 fully saturated rings. The number of methoxy groups -OCH3 is 1. The molecule has 0 spiro atoms. The molecule has 0 bridgehead atoms. The highest BCUT2D eigenvalue weighted by Gasteiger charge is 1.93. The Kier molecular flexibility index (Phi) is 4.10. The largest absolute Gasteiger partial charge is 0.384 e. The Labute approximate surface area is 45.7 Å². The molecule has 0 aromatic carbocycles. The van der Waals surface area contributed by atoms with Gasteiger partial charge in [0.2, 0.25) is 0 Å². The molecule has 0 unspecified atom stereocenters. The van der Waals surface area contributed by atoms with Crippen LogP contribution in [0.25, 0.3) is 0 Å². The highest BCUT2D eigenvalue weighted by molar-refractivity contribution is 4.43. The topological polar surface area (TPSA) is 9.23 Å². The maximum atomic E-state index is 4.89. The van der Waals surface area contributed by atoms with E-state index in [1.54, 1.807) is 7.11 Å². The maximum absolute atomic E-state index is 4.89. The zero-order valence-electron chi connectivity index (χ0n) is 5.40. The minimum absolute atomic E-state index is 0.727. The van der Waals surface area contributed by atoms with Gasteiger partial charge in [-0.2, -0.15) is 0 Å². The van der Waals surface area contributed by atoms with Gasteiger partial charge >= 0.3 is 0 Å². The summed E-state index contributed by atoms with van der Waals surface area (Å²) in [6.07, 6.45) is 1.22. The van der Waals surface area contributed by atoms with E-state index < -0.39 is 0 Å². The van der Waals surface area contributed by atoms with Crippen LogP contribution in [0.2, 0.25) is 0 Å². The van der Waals surface area contributed by atoms with Gasteiger partial charge in [0.05, 0.1) is 0 Å². The summed E-state index contributed by atoms with van der Waals surface area (Å²) in [7, 11) is 1.74. The first-order chi connectivity index (χ1) is 3.31. The third kappa shape index (κ3) is 3.80. The quantitative estimate of drug-likeness (QED) is 0.526. The van der Waals surface area contributed by atoms with Crippen molar-refractivity contribution in [3.8, 4) is 0 Å². The van der Waals surface area contributed by atoms with E-state index in [-0.39, 0.29) is 0 Å². The van der Waals surface area contributed by atoms with Crippen molar-refractivity contribution in [2.75, 3.05) is 13.7 Å². The zero-order chi connectivity index (χ0) is 5.70. The van der Waals surface area contributed by atoms with Crippen LogP contribution in [0.4, 0.5) is 0 Å².